The van der Waals surface area contributed by atoms with Crippen molar-refractivity contribution in [2.24, 2.45) is 0 Å². The van der Waals surface area contributed by atoms with Crippen molar-refractivity contribution in [2.75, 3.05) is 6.61 Å². The number of nitrogens with one attached hydrogen (secondary N) is 1. The lowest BCUT2D eigenvalue weighted by Gasteiger charge is -2.29. The summed E-state index contributed by atoms with van der Waals surface area (Å²) in [6, 6.07) is 9.33. The Morgan fingerprint density at radius 2 is 1.96 bits per heavy atom. The molecule has 0 spiro atoms. The van der Waals surface area contributed by atoms with Crippen molar-refractivity contribution in [3.05, 3.63) is 47.9 Å². The molecule has 2 aromatic rings. The smallest absolute Gasteiger partial charge is 0.255 e. The molecule has 1 heterocycles. The summed E-state index contributed by atoms with van der Waals surface area (Å²) in [6.07, 6.45) is 6.11. The van der Waals surface area contributed by atoms with Gasteiger partial charge in [0.05, 0.1) is 12.2 Å². The van der Waals surface area contributed by atoms with E-state index in [0.29, 0.717) is 17.9 Å². The van der Waals surface area contributed by atoms with Gasteiger partial charge in [0.15, 0.2) is 0 Å². The number of carbonyl (C=O) groups excluding carboxylic acids is 1. The van der Waals surface area contributed by atoms with Crippen LogP contribution in [0.15, 0.2) is 36.7 Å². The van der Waals surface area contributed by atoms with Crippen molar-refractivity contribution in [2.45, 2.75) is 44.8 Å². The van der Waals surface area contributed by atoms with Crippen LogP contribution in [0.2, 0.25) is 0 Å². The number of hydrogen-bond donors (Lipinski definition) is 1. The van der Waals surface area contributed by atoms with Crippen LogP contribution in [0.25, 0.3) is 0 Å². The molecule has 1 aliphatic rings. The van der Waals surface area contributed by atoms with Crippen LogP contribution in [-0.4, -0.2) is 34.6 Å². The van der Waals surface area contributed by atoms with Crippen LogP contribution in [0.5, 0.6) is 11.6 Å². The van der Waals surface area contributed by atoms with E-state index in [-0.39, 0.29) is 29.6 Å². The van der Waals surface area contributed by atoms with Gasteiger partial charge in [-0.1, -0.05) is 12.1 Å². The Hall–Kier alpha value is -3.14. The van der Waals surface area contributed by atoms with Gasteiger partial charge in [-0.15, -0.1) is 0 Å². The number of benzene rings is 1. The minimum absolute atomic E-state index is 0.0299. The quantitative estimate of drug-likeness (QED) is 0.844. The van der Waals surface area contributed by atoms with Gasteiger partial charge >= 0.3 is 0 Å². The van der Waals surface area contributed by atoms with E-state index in [0.717, 1.165) is 25.7 Å². The molecule has 0 atom stereocenters. The molecule has 1 N–H and O–H groups in total. The van der Waals surface area contributed by atoms with Gasteiger partial charge in [-0.3, -0.25) is 4.79 Å². The van der Waals surface area contributed by atoms with E-state index in [4.69, 9.17) is 14.7 Å². The number of aromatic nitrogens is 2. The Labute approximate surface area is 158 Å². The van der Waals surface area contributed by atoms with Crippen molar-refractivity contribution in [1.82, 2.24) is 15.3 Å². The first-order valence-corrected chi connectivity index (χ1v) is 9.11. The van der Waals surface area contributed by atoms with E-state index in [9.17, 15) is 4.79 Å². The van der Waals surface area contributed by atoms with E-state index in [2.05, 4.69) is 15.3 Å². The van der Waals surface area contributed by atoms with Crippen LogP contribution >= 0.6 is 0 Å². The SMILES string of the molecule is CCOc1ccccc1C(=O)NC1CCC(Oc2nccnc2C#N)CC1. The molecule has 1 amide bonds. The molecule has 7 heteroatoms. The fourth-order valence-electron chi connectivity index (χ4n) is 3.17. The first-order chi connectivity index (χ1) is 13.2. The highest BCUT2D eigenvalue weighted by molar-refractivity contribution is 5.97. The Bertz CT molecular complexity index is 826. The second-order valence-electron chi connectivity index (χ2n) is 6.32. The van der Waals surface area contributed by atoms with Gasteiger partial charge < -0.3 is 14.8 Å². The summed E-state index contributed by atoms with van der Waals surface area (Å²) in [6.45, 7) is 2.41. The number of ether oxygens (including phenoxy) is 2. The maximum Gasteiger partial charge on any atom is 0.255 e. The topological polar surface area (TPSA) is 97.1 Å². The highest BCUT2D eigenvalue weighted by Crippen LogP contribution is 2.25. The van der Waals surface area contributed by atoms with Crippen LogP contribution in [0.4, 0.5) is 0 Å². The lowest BCUT2D eigenvalue weighted by Crippen LogP contribution is -2.40. The molecule has 1 aromatic carbocycles. The van der Waals surface area contributed by atoms with E-state index < -0.39 is 0 Å². The molecule has 1 aliphatic carbocycles. The molecule has 27 heavy (non-hydrogen) atoms. The summed E-state index contributed by atoms with van der Waals surface area (Å²) < 4.78 is 11.4. The summed E-state index contributed by atoms with van der Waals surface area (Å²) >= 11 is 0. The number of para-hydroxylation sites is 1. The summed E-state index contributed by atoms with van der Waals surface area (Å²) in [5, 5.41) is 12.2. The molecule has 0 radical (unpaired) electrons. The van der Waals surface area contributed by atoms with Gasteiger partial charge in [0.2, 0.25) is 5.69 Å². The summed E-state index contributed by atoms with van der Waals surface area (Å²) in [4.78, 5) is 20.6. The maximum absolute atomic E-state index is 12.6. The second kappa shape index (κ2) is 8.99. The molecule has 1 aromatic heterocycles. The third kappa shape index (κ3) is 4.73. The lowest BCUT2D eigenvalue weighted by atomic mass is 9.92. The standard InChI is InChI=1S/C20H22N4O3/c1-2-26-18-6-4-3-5-16(18)19(25)24-14-7-9-15(10-8-14)27-20-17(13-21)22-11-12-23-20/h3-6,11-12,14-15H,2,7-10H2,1H3,(H,24,25). The fourth-order valence-corrected chi connectivity index (χ4v) is 3.17. The zero-order valence-corrected chi connectivity index (χ0v) is 15.2. The molecule has 1 fully saturated rings. The maximum atomic E-state index is 12.6. The molecule has 3 rings (SSSR count). The van der Waals surface area contributed by atoms with Crippen LogP contribution in [0, 0.1) is 11.3 Å². The second-order valence-corrected chi connectivity index (χ2v) is 6.32. The first-order valence-electron chi connectivity index (χ1n) is 9.11. The molecule has 140 valence electrons. The van der Waals surface area contributed by atoms with Gasteiger partial charge in [0.1, 0.15) is 17.9 Å². The predicted octanol–water partition coefficient (Wildman–Crippen LogP) is 2.87. The van der Waals surface area contributed by atoms with Gasteiger partial charge in [-0.05, 0) is 44.7 Å². The van der Waals surface area contributed by atoms with E-state index in [1.165, 1.54) is 12.4 Å². The highest BCUT2D eigenvalue weighted by atomic mass is 16.5. The minimum atomic E-state index is -0.121. The zero-order chi connectivity index (χ0) is 19.1. The van der Waals surface area contributed by atoms with Crippen LogP contribution in [0.3, 0.4) is 0 Å². The number of nitrogens with zero attached hydrogens (tertiary/aromatic N) is 3. The summed E-state index contributed by atoms with van der Waals surface area (Å²) in [7, 11) is 0. The molecule has 0 aliphatic heterocycles. The van der Waals surface area contributed by atoms with E-state index in [1.807, 2.05) is 25.1 Å². The monoisotopic (exact) mass is 366 g/mol. The first kappa shape index (κ1) is 18.6. The van der Waals surface area contributed by atoms with Gasteiger partial charge in [0, 0.05) is 18.4 Å². The summed E-state index contributed by atoms with van der Waals surface area (Å²) in [5.74, 6) is 0.753. The molecular formula is C20H22N4O3. The number of nitriles is 1. The zero-order valence-electron chi connectivity index (χ0n) is 15.2. The average Bonchev–Trinajstić information content (AvgIpc) is 2.70. The van der Waals surface area contributed by atoms with Crippen molar-refractivity contribution >= 4 is 5.91 Å². The van der Waals surface area contributed by atoms with Crippen LogP contribution in [0.1, 0.15) is 48.7 Å². The fraction of sp³-hybridized carbons (Fsp3) is 0.400. The number of carbonyl (C=O) groups is 1. The molecule has 1 saturated carbocycles. The minimum Gasteiger partial charge on any atom is -0.493 e. The number of hydrogen-bond acceptors (Lipinski definition) is 6. The van der Waals surface area contributed by atoms with Gasteiger partial charge in [-0.25, -0.2) is 9.97 Å². The molecule has 0 bridgehead atoms. The normalized spacial score (nSPS) is 19.0. The lowest BCUT2D eigenvalue weighted by molar-refractivity contribution is 0.0886. The van der Waals surface area contributed by atoms with Crippen molar-refractivity contribution < 1.29 is 14.3 Å². The average molecular weight is 366 g/mol. The van der Waals surface area contributed by atoms with Crippen molar-refractivity contribution in [1.29, 1.82) is 5.26 Å². The Morgan fingerprint density at radius 3 is 2.70 bits per heavy atom. The number of rotatable bonds is 6. The van der Waals surface area contributed by atoms with Gasteiger partial charge in [0.25, 0.3) is 11.8 Å². The molecule has 0 unspecified atom stereocenters. The largest absolute Gasteiger partial charge is 0.493 e. The van der Waals surface area contributed by atoms with Crippen LogP contribution in [-0.2, 0) is 0 Å². The van der Waals surface area contributed by atoms with Crippen molar-refractivity contribution in [3.8, 4) is 17.7 Å². The summed E-state index contributed by atoms with van der Waals surface area (Å²) in [5.41, 5.74) is 0.747. The van der Waals surface area contributed by atoms with E-state index >= 15 is 0 Å². The van der Waals surface area contributed by atoms with E-state index in [1.54, 1.807) is 12.1 Å². The third-order valence-corrected chi connectivity index (χ3v) is 4.49. The predicted molar refractivity (Wildman–Crippen MR) is 98.5 cm³/mol. The van der Waals surface area contributed by atoms with Crippen molar-refractivity contribution in [3.63, 3.8) is 0 Å². The Kier molecular flexibility index (Phi) is 6.21. The van der Waals surface area contributed by atoms with Gasteiger partial charge in [-0.2, -0.15) is 5.26 Å². The number of amides is 1. The third-order valence-electron chi connectivity index (χ3n) is 4.49. The Morgan fingerprint density at radius 1 is 1.22 bits per heavy atom. The highest BCUT2D eigenvalue weighted by Gasteiger charge is 2.25. The van der Waals surface area contributed by atoms with Crippen LogP contribution < -0.4 is 14.8 Å². The molecule has 0 saturated heterocycles. The molecular weight excluding hydrogens is 344 g/mol. The molecule has 7 nitrogen and oxygen atoms in total. The Balaban J connectivity index is 1.54.